The van der Waals surface area contributed by atoms with Crippen LogP contribution in [-0.4, -0.2) is 35.9 Å². The van der Waals surface area contributed by atoms with Gasteiger partial charge in [-0.25, -0.2) is 13.5 Å². The monoisotopic (exact) mass is 423 g/mol. The molecule has 0 fully saturated rings. The van der Waals surface area contributed by atoms with Gasteiger partial charge in [0, 0.05) is 16.9 Å². The maximum Gasteiger partial charge on any atom is 0.228 e. The molecule has 0 bridgehead atoms. The molecule has 0 aliphatic rings. The van der Waals surface area contributed by atoms with Crippen LogP contribution in [0.4, 0.5) is 14.5 Å². The third-order valence-corrected chi connectivity index (χ3v) is 4.93. The second-order valence-corrected chi connectivity index (χ2v) is 7.07. The Kier molecular flexibility index (Phi) is 5.28. The summed E-state index contributed by atoms with van der Waals surface area (Å²) in [7, 11) is 0. The topological polar surface area (TPSA) is 90.5 Å². The van der Waals surface area contributed by atoms with Crippen LogP contribution in [0.15, 0.2) is 42.5 Å². The highest BCUT2D eigenvalue weighted by atomic mass is 19.1. The Bertz CT molecular complexity index is 1260. The fourth-order valence-electron chi connectivity index (χ4n) is 3.34. The molecule has 2 aromatic carbocycles. The summed E-state index contributed by atoms with van der Waals surface area (Å²) < 4.78 is 30.4. The van der Waals surface area contributed by atoms with Crippen molar-refractivity contribution < 1.29 is 13.6 Å². The first-order chi connectivity index (χ1) is 14.8. The van der Waals surface area contributed by atoms with E-state index in [1.165, 1.54) is 35.0 Å². The third-order valence-electron chi connectivity index (χ3n) is 4.93. The van der Waals surface area contributed by atoms with E-state index in [0.717, 1.165) is 11.3 Å². The second-order valence-electron chi connectivity index (χ2n) is 7.07. The minimum atomic E-state index is -0.513. The first-order valence-electron chi connectivity index (χ1n) is 9.49. The van der Waals surface area contributed by atoms with E-state index >= 15 is 0 Å². The highest BCUT2D eigenvalue weighted by Crippen LogP contribution is 2.21. The Morgan fingerprint density at radius 1 is 1.03 bits per heavy atom. The number of nitrogens with zero attached hydrogens (tertiary/aromatic N) is 6. The molecule has 0 unspecified atom stereocenters. The summed E-state index contributed by atoms with van der Waals surface area (Å²) in [6.07, 6.45) is 0.0788. The molecule has 4 aromatic rings. The summed E-state index contributed by atoms with van der Waals surface area (Å²) in [5.74, 6) is -0.709. The average Bonchev–Trinajstić information content (AvgIpc) is 3.28. The lowest BCUT2D eigenvalue weighted by molar-refractivity contribution is -0.115. The molecular weight excluding hydrogens is 404 g/mol. The minimum absolute atomic E-state index is 0.0788. The molecule has 10 heteroatoms. The van der Waals surface area contributed by atoms with Crippen LogP contribution in [0.5, 0.6) is 0 Å². The van der Waals surface area contributed by atoms with Gasteiger partial charge < -0.3 is 5.32 Å². The molecular formula is C21H19F2N7O. The van der Waals surface area contributed by atoms with E-state index in [2.05, 4.69) is 25.9 Å². The number of anilines is 1. The number of halogens is 2. The zero-order valence-corrected chi connectivity index (χ0v) is 17.1. The van der Waals surface area contributed by atoms with Crippen LogP contribution in [-0.2, 0) is 11.2 Å². The third kappa shape index (κ3) is 4.04. The molecule has 158 valence electrons. The van der Waals surface area contributed by atoms with Crippen molar-refractivity contribution in [2.75, 3.05) is 5.32 Å². The zero-order chi connectivity index (χ0) is 22.1. The SMILES string of the molecule is Cc1nn(-c2ccc(F)cc2)c(C)c1CC(=O)Nc1ccc(F)c(-n2nnnc2C)c1. The van der Waals surface area contributed by atoms with Crippen LogP contribution in [0.3, 0.4) is 0 Å². The molecule has 2 aromatic heterocycles. The Morgan fingerprint density at radius 2 is 1.77 bits per heavy atom. The molecule has 0 aliphatic carbocycles. The average molecular weight is 423 g/mol. The molecule has 0 saturated heterocycles. The van der Waals surface area contributed by atoms with Gasteiger partial charge in [0.2, 0.25) is 5.91 Å². The summed E-state index contributed by atoms with van der Waals surface area (Å²) in [4.78, 5) is 12.7. The van der Waals surface area contributed by atoms with Crippen molar-refractivity contribution in [3.05, 3.63) is 76.9 Å². The molecule has 0 aliphatic heterocycles. The summed E-state index contributed by atoms with van der Waals surface area (Å²) in [6.45, 7) is 5.31. The number of rotatable bonds is 5. The van der Waals surface area contributed by atoms with E-state index in [9.17, 15) is 13.6 Å². The van der Waals surface area contributed by atoms with E-state index in [1.807, 2.05) is 13.8 Å². The predicted molar refractivity (Wildman–Crippen MR) is 109 cm³/mol. The van der Waals surface area contributed by atoms with Crippen LogP contribution in [0, 0.1) is 32.4 Å². The summed E-state index contributed by atoms with van der Waals surface area (Å²) >= 11 is 0. The number of nitrogens with one attached hydrogen (secondary N) is 1. The second kappa shape index (κ2) is 8.05. The van der Waals surface area contributed by atoms with Gasteiger partial charge in [0.05, 0.1) is 17.8 Å². The highest BCUT2D eigenvalue weighted by Gasteiger charge is 2.17. The molecule has 1 N–H and O–H groups in total. The number of hydrogen-bond acceptors (Lipinski definition) is 5. The van der Waals surface area contributed by atoms with Crippen LogP contribution >= 0.6 is 0 Å². The standard InChI is InChI=1S/C21H19F2N7O/c1-12-18(13(2)29(26-12)17-7-4-15(22)5-8-17)11-21(31)24-16-6-9-19(23)20(10-16)30-14(3)25-27-28-30/h4-10H,11H2,1-3H3,(H,24,31). The van der Waals surface area contributed by atoms with Crippen molar-refractivity contribution in [2.45, 2.75) is 27.2 Å². The normalized spacial score (nSPS) is 11.0. The smallest absolute Gasteiger partial charge is 0.228 e. The first-order valence-corrected chi connectivity index (χ1v) is 9.49. The summed E-state index contributed by atoms with van der Waals surface area (Å²) in [5, 5.41) is 18.3. The first kappa shape index (κ1) is 20.3. The number of benzene rings is 2. The van der Waals surface area contributed by atoms with Crippen molar-refractivity contribution in [1.29, 1.82) is 0 Å². The van der Waals surface area contributed by atoms with E-state index in [-0.39, 0.29) is 23.8 Å². The fourth-order valence-corrected chi connectivity index (χ4v) is 3.34. The maximum absolute atomic E-state index is 14.2. The largest absolute Gasteiger partial charge is 0.326 e. The quantitative estimate of drug-likeness (QED) is 0.532. The molecule has 2 heterocycles. The van der Waals surface area contributed by atoms with Gasteiger partial charge in [0.15, 0.2) is 5.82 Å². The number of carbonyl (C=O) groups is 1. The van der Waals surface area contributed by atoms with Gasteiger partial charge in [0.1, 0.15) is 17.3 Å². The van der Waals surface area contributed by atoms with Crippen LogP contribution in [0.25, 0.3) is 11.4 Å². The van der Waals surface area contributed by atoms with E-state index in [4.69, 9.17) is 0 Å². The van der Waals surface area contributed by atoms with Crippen LogP contribution in [0.1, 0.15) is 22.8 Å². The molecule has 0 spiro atoms. The number of carbonyl (C=O) groups excluding carboxylic acids is 1. The Hall–Kier alpha value is -3.95. The van der Waals surface area contributed by atoms with Crippen LogP contribution < -0.4 is 5.32 Å². The number of amides is 1. The van der Waals surface area contributed by atoms with Crippen molar-refractivity contribution in [2.24, 2.45) is 0 Å². The number of hydrogen-bond donors (Lipinski definition) is 1. The van der Waals surface area contributed by atoms with Crippen molar-refractivity contribution in [3.8, 4) is 11.4 Å². The van der Waals surface area contributed by atoms with Crippen LogP contribution in [0.2, 0.25) is 0 Å². The molecule has 31 heavy (non-hydrogen) atoms. The Balaban J connectivity index is 1.55. The molecule has 4 rings (SSSR count). The highest BCUT2D eigenvalue weighted by molar-refractivity contribution is 5.92. The van der Waals surface area contributed by atoms with E-state index in [0.29, 0.717) is 22.9 Å². The van der Waals surface area contributed by atoms with Gasteiger partial charge in [0.25, 0.3) is 0 Å². The molecule has 0 saturated carbocycles. The van der Waals surface area contributed by atoms with Crippen molar-refractivity contribution in [3.63, 3.8) is 0 Å². The van der Waals surface area contributed by atoms with Gasteiger partial charge >= 0.3 is 0 Å². The minimum Gasteiger partial charge on any atom is -0.326 e. The predicted octanol–water partition coefficient (Wildman–Crippen LogP) is 3.23. The van der Waals surface area contributed by atoms with Gasteiger partial charge in [-0.2, -0.15) is 9.78 Å². The lowest BCUT2D eigenvalue weighted by atomic mass is 10.1. The number of aromatic nitrogens is 6. The summed E-state index contributed by atoms with van der Waals surface area (Å²) in [5.41, 5.74) is 3.49. The maximum atomic E-state index is 14.2. The van der Waals surface area contributed by atoms with Gasteiger partial charge in [-0.1, -0.05) is 0 Å². The Morgan fingerprint density at radius 3 is 2.45 bits per heavy atom. The Labute approximate surface area is 176 Å². The van der Waals surface area contributed by atoms with Gasteiger partial charge in [-0.3, -0.25) is 4.79 Å². The van der Waals surface area contributed by atoms with Gasteiger partial charge in [-0.15, -0.1) is 5.10 Å². The molecule has 8 nitrogen and oxygen atoms in total. The molecule has 0 atom stereocenters. The van der Waals surface area contributed by atoms with E-state index < -0.39 is 5.82 Å². The lowest BCUT2D eigenvalue weighted by Crippen LogP contribution is -2.16. The zero-order valence-electron chi connectivity index (χ0n) is 17.1. The molecule has 1 amide bonds. The number of tetrazole rings is 1. The van der Waals surface area contributed by atoms with Crippen molar-refractivity contribution in [1.82, 2.24) is 30.0 Å². The van der Waals surface area contributed by atoms with Gasteiger partial charge in [-0.05, 0) is 73.7 Å². The molecule has 0 radical (unpaired) electrons. The fraction of sp³-hybridized carbons (Fsp3) is 0.190. The number of aryl methyl sites for hydroxylation is 2. The van der Waals surface area contributed by atoms with E-state index in [1.54, 1.807) is 23.7 Å². The lowest BCUT2D eigenvalue weighted by Gasteiger charge is -2.09. The van der Waals surface area contributed by atoms with Crippen molar-refractivity contribution >= 4 is 11.6 Å². The summed E-state index contributed by atoms with van der Waals surface area (Å²) in [6, 6.07) is 10.2.